The largest absolute Gasteiger partial charge is 0.341 e. The van der Waals surface area contributed by atoms with E-state index in [9.17, 15) is 4.79 Å². The van der Waals surface area contributed by atoms with E-state index in [1.54, 1.807) is 12.4 Å². The normalized spacial score (nSPS) is 17.3. The van der Waals surface area contributed by atoms with Crippen molar-refractivity contribution < 1.29 is 6.22 Å². The van der Waals surface area contributed by atoms with Crippen molar-refractivity contribution in [1.29, 1.82) is 0 Å². The Labute approximate surface area is 141 Å². The molecule has 2 heterocycles. The molecule has 5 nitrogen and oxygen atoms in total. The Bertz CT molecular complexity index is 498. The van der Waals surface area contributed by atoms with Crippen LogP contribution in [0.25, 0.3) is 0 Å². The number of anilines is 2. The summed E-state index contributed by atoms with van der Waals surface area (Å²) >= 11 is 0. The van der Waals surface area contributed by atoms with E-state index in [2.05, 4.69) is 34.0 Å². The Morgan fingerprint density at radius 3 is 2.43 bits per heavy atom. The topological polar surface area (TPSA) is 58.1 Å². The van der Waals surface area contributed by atoms with Crippen LogP contribution in [-0.4, -0.2) is 29.0 Å². The molecule has 23 heavy (non-hydrogen) atoms. The summed E-state index contributed by atoms with van der Waals surface area (Å²) in [5.41, 5.74) is 0.666. The van der Waals surface area contributed by atoms with Crippen molar-refractivity contribution in [1.82, 2.24) is 9.97 Å². The van der Waals surface area contributed by atoms with Crippen LogP contribution in [0, 0.1) is 17.8 Å². The zero-order chi connectivity index (χ0) is 16.8. The molecule has 0 aliphatic carbocycles. The quantitative estimate of drug-likeness (QED) is 0.861. The maximum atomic E-state index is 11.7. The van der Waals surface area contributed by atoms with Gasteiger partial charge in [-0.25, -0.2) is 9.97 Å². The Morgan fingerprint density at radius 2 is 1.91 bits per heavy atom. The van der Waals surface area contributed by atoms with E-state index in [1.807, 2.05) is 13.8 Å². The number of nitrogens with one attached hydrogen (secondary N) is 1. The molecule has 1 fully saturated rings. The lowest BCUT2D eigenvalue weighted by molar-refractivity contribution is -0.118. The van der Waals surface area contributed by atoms with Crippen molar-refractivity contribution in [2.45, 2.75) is 53.4 Å². The Morgan fingerprint density at radius 1 is 1.30 bits per heavy atom. The second-order valence-corrected chi connectivity index (χ2v) is 7.10. The highest BCUT2D eigenvalue weighted by Gasteiger charge is 2.22. The summed E-state index contributed by atoms with van der Waals surface area (Å²) in [4.78, 5) is 22.8. The molecule has 0 aromatic carbocycles. The van der Waals surface area contributed by atoms with Gasteiger partial charge in [-0.2, -0.15) is 0 Å². The standard InChI is InChI=1S/C18H30N4O.H2/c1-5-14(4)10-15-6-8-22(9-7-15)18-19-11-16(12-20-18)21-17(23)13(2)3;/h11-15H,5-10H2,1-4H3,(H,21,23);1H. The number of hydrogen-bond acceptors (Lipinski definition) is 4. The number of rotatable bonds is 6. The Hall–Kier alpha value is -1.65. The first-order valence-corrected chi connectivity index (χ1v) is 8.87. The van der Waals surface area contributed by atoms with Crippen molar-refractivity contribution in [2.24, 2.45) is 17.8 Å². The lowest BCUT2D eigenvalue weighted by atomic mass is 9.87. The van der Waals surface area contributed by atoms with Crippen molar-refractivity contribution in [3.05, 3.63) is 12.4 Å². The van der Waals surface area contributed by atoms with Crippen LogP contribution in [0.3, 0.4) is 0 Å². The first kappa shape index (κ1) is 17.7. The van der Waals surface area contributed by atoms with E-state index >= 15 is 0 Å². The molecule has 1 aromatic heterocycles. The van der Waals surface area contributed by atoms with Gasteiger partial charge in [-0.15, -0.1) is 0 Å². The molecule has 0 bridgehead atoms. The van der Waals surface area contributed by atoms with Gasteiger partial charge in [0.1, 0.15) is 0 Å². The summed E-state index contributed by atoms with van der Waals surface area (Å²) in [7, 11) is 0. The molecule has 1 aromatic rings. The SMILES string of the molecule is CCC(C)CC1CCN(c2ncc(NC(=O)C(C)C)cn2)CC1.[HH]. The van der Waals surface area contributed by atoms with Crippen LogP contribution in [0.15, 0.2) is 12.4 Å². The van der Waals surface area contributed by atoms with E-state index in [1.165, 1.54) is 25.7 Å². The van der Waals surface area contributed by atoms with Gasteiger partial charge < -0.3 is 10.2 Å². The van der Waals surface area contributed by atoms with E-state index in [0.717, 1.165) is 30.9 Å². The number of carbonyl (C=O) groups is 1. The predicted molar refractivity (Wildman–Crippen MR) is 96.6 cm³/mol. The van der Waals surface area contributed by atoms with Crippen LogP contribution in [0.1, 0.15) is 54.8 Å². The zero-order valence-corrected chi connectivity index (χ0v) is 14.9. The van der Waals surface area contributed by atoms with E-state index in [0.29, 0.717) is 5.69 Å². The van der Waals surface area contributed by atoms with Crippen LogP contribution in [0.4, 0.5) is 11.6 Å². The average molecular weight is 320 g/mol. The highest BCUT2D eigenvalue weighted by atomic mass is 16.1. The third-order valence-corrected chi connectivity index (χ3v) is 4.76. The Balaban J connectivity index is 0.00000288. The first-order chi connectivity index (χ1) is 11.0. The summed E-state index contributed by atoms with van der Waals surface area (Å²) in [6, 6.07) is 0. The minimum Gasteiger partial charge on any atom is -0.341 e. The second kappa shape index (κ2) is 8.27. The third kappa shape index (κ3) is 5.19. The van der Waals surface area contributed by atoms with Gasteiger partial charge in [-0.05, 0) is 31.1 Å². The highest BCUT2D eigenvalue weighted by molar-refractivity contribution is 5.91. The van der Waals surface area contributed by atoms with Gasteiger partial charge >= 0.3 is 0 Å². The number of nitrogens with zero attached hydrogens (tertiary/aromatic N) is 3. The number of aromatic nitrogens is 2. The number of carbonyl (C=O) groups excluding carboxylic acids is 1. The van der Waals surface area contributed by atoms with Gasteiger partial charge in [-0.1, -0.05) is 34.1 Å². The van der Waals surface area contributed by atoms with Crippen molar-refractivity contribution in [3.63, 3.8) is 0 Å². The molecule has 0 spiro atoms. The third-order valence-electron chi connectivity index (χ3n) is 4.76. The molecule has 1 amide bonds. The fraction of sp³-hybridized carbons (Fsp3) is 0.722. The second-order valence-electron chi connectivity index (χ2n) is 7.10. The molecule has 2 rings (SSSR count). The van der Waals surface area contributed by atoms with Crippen molar-refractivity contribution in [3.8, 4) is 0 Å². The maximum Gasteiger partial charge on any atom is 0.227 e. The van der Waals surface area contributed by atoms with Gasteiger partial charge in [0.25, 0.3) is 0 Å². The molecule has 1 aliphatic rings. The molecule has 0 saturated carbocycles. The van der Waals surface area contributed by atoms with Crippen LogP contribution in [0.2, 0.25) is 0 Å². The van der Waals surface area contributed by atoms with E-state index < -0.39 is 0 Å². The van der Waals surface area contributed by atoms with Gasteiger partial charge in [0.05, 0.1) is 18.1 Å². The Kier molecular flexibility index (Phi) is 6.37. The fourth-order valence-electron chi connectivity index (χ4n) is 2.94. The molecule has 1 aliphatic heterocycles. The molecular formula is C18H32N4O. The molecule has 1 saturated heterocycles. The number of amides is 1. The molecule has 5 heteroatoms. The van der Waals surface area contributed by atoms with Crippen LogP contribution < -0.4 is 10.2 Å². The van der Waals surface area contributed by atoms with Crippen LogP contribution >= 0.6 is 0 Å². The molecule has 1 N–H and O–H groups in total. The van der Waals surface area contributed by atoms with Crippen LogP contribution in [0.5, 0.6) is 0 Å². The molecule has 1 atom stereocenters. The smallest absolute Gasteiger partial charge is 0.227 e. The zero-order valence-electron chi connectivity index (χ0n) is 14.9. The average Bonchev–Trinajstić information content (AvgIpc) is 2.56. The summed E-state index contributed by atoms with van der Waals surface area (Å²) in [5, 5.41) is 2.82. The van der Waals surface area contributed by atoms with Gasteiger partial charge in [-0.3, -0.25) is 4.79 Å². The molecular weight excluding hydrogens is 288 g/mol. The van der Waals surface area contributed by atoms with Crippen LogP contribution in [-0.2, 0) is 4.79 Å². The summed E-state index contributed by atoms with van der Waals surface area (Å²) in [5.74, 6) is 2.39. The summed E-state index contributed by atoms with van der Waals surface area (Å²) < 4.78 is 0. The molecule has 1 unspecified atom stereocenters. The molecule has 130 valence electrons. The lowest BCUT2D eigenvalue weighted by Gasteiger charge is -2.33. The van der Waals surface area contributed by atoms with E-state index in [-0.39, 0.29) is 13.3 Å². The highest BCUT2D eigenvalue weighted by Crippen LogP contribution is 2.27. The van der Waals surface area contributed by atoms with Crippen molar-refractivity contribution >= 4 is 17.5 Å². The monoisotopic (exact) mass is 320 g/mol. The minimum atomic E-state index is -0.0424. The summed E-state index contributed by atoms with van der Waals surface area (Å²) in [6.45, 7) is 10.4. The minimum absolute atomic E-state index is 0. The maximum absolute atomic E-state index is 11.7. The number of hydrogen-bond donors (Lipinski definition) is 1. The summed E-state index contributed by atoms with van der Waals surface area (Å²) in [6.07, 6.45) is 8.46. The lowest BCUT2D eigenvalue weighted by Crippen LogP contribution is -2.35. The first-order valence-electron chi connectivity index (χ1n) is 8.87. The predicted octanol–water partition coefficient (Wildman–Crippen LogP) is 3.97. The van der Waals surface area contributed by atoms with Gasteiger partial charge in [0, 0.05) is 20.4 Å². The van der Waals surface area contributed by atoms with Gasteiger partial charge in [0.15, 0.2) is 0 Å². The van der Waals surface area contributed by atoms with E-state index in [4.69, 9.17) is 0 Å². The van der Waals surface area contributed by atoms with Gasteiger partial charge in [0.2, 0.25) is 11.9 Å². The fourth-order valence-corrected chi connectivity index (χ4v) is 2.94. The number of piperidine rings is 1. The van der Waals surface area contributed by atoms with Crippen molar-refractivity contribution in [2.75, 3.05) is 23.3 Å². The molecule has 0 radical (unpaired) electrons.